The van der Waals surface area contributed by atoms with E-state index in [1.165, 1.54) is 18.2 Å². The fraction of sp³-hybridized carbons (Fsp3) is 0.667. The monoisotopic (exact) mass is 510 g/mol. The number of carbonyl (C=O) groups is 3. The molecule has 0 aliphatic carbocycles. The molecule has 1 rings (SSSR count). The fourth-order valence-electron chi connectivity index (χ4n) is 3.45. The van der Waals surface area contributed by atoms with Crippen LogP contribution in [0.4, 0.5) is 0 Å². The van der Waals surface area contributed by atoms with E-state index in [-0.39, 0.29) is 56.3 Å². The Kier molecular flexibility index (Phi) is 18.1. The number of hydrogen-bond donors (Lipinski definition) is 3. The molecule has 36 heavy (non-hydrogen) atoms. The van der Waals surface area contributed by atoms with Crippen molar-refractivity contribution >= 4 is 17.9 Å². The van der Waals surface area contributed by atoms with Crippen LogP contribution in [0, 0.1) is 0 Å². The van der Waals surface area contributed by atoms with E-state index >= 15 is 0 Å². The molecular weight excluding hydrogens is 468 g/mol. The van der Waals surface area contributed by atoms with Crippen LogP contribution in [0.1, 0.15) is 108 Å². The van der Waals surface area contributed by atoms with Crippen LogP contribution >= 0.6 is 0 Å². The van der Waals surface area contributed by atoms with Crippen molar-refractivity contribution in [2.24, 2.45) is 0 Å². The van der Waals surface area contributed by atoms with Crippen LogP contribution in [0.25, 0.3) is 0 Å². The highest BCUT2D eigenvalue weighted by Crippen LogP contribution is 2.17. The van der Waals surface area contributed by atoms with E-state index in [9.17, 15) is 14.4 Å². The van der Waals surface area contributed by atoms with E-state index in [0.717, 1.165) is 38.5 Å². The van der Waals surface area contributed by atoms with Gasteiger partial charge in [-0.3, -0.25) is 0 Å². The second-order valence-electron chi connectivity index (χ2n) is 8.58. The Hall–Kier alpha value is -2.49. The van der Waals surface area contributed by atoms with Crippen molar-refractivity contribution in [2.45, 2.75) is 77.0 Å². The van der Waals surface area contributed by atoms with E-state index in [1.807, 2.05) is 0 Å². The molecule has 0 amide bonds. The van der Waals surface area contributed by atoms with Gasteiger partial charge in [-0.15, -0.1) is 0 Å². The van der Waals surface area contributed by atoms with Crippen LogP contribution in [-0.2, 0) is 14.2 Å². The van der Waals surface area contributed by atoms with Gasteiger partial charge in [-0.25, -0.2) is 14.4 Å². The van der Waals surface area contributed by atoms with Crippen molar-refractivity contribution in [1.82, 2.24) is 0 Å². The largest absolute Gasteiger partial charge is 0.462 e. The predicted octanol–water partition coefficient (Wildman–Crippen LogP) is 3.82. The first-order valence-corrected chi connectivity index (χ1v) is 13.0. The molecule has 1 aromatic rings. The summed E-state index contributed by atoms with van der Waals surface area (Å²) in [5, 5.41) is 26.5. The molecule has 0 fully saturated rings. The number of aliphatic hydroxyl groups excluding tert-OH is 3. The molecule has 0 saturated heterocycles. The quantitative estimate of drug-likeness (QED) is 0.128. The highest BCUT2D eigenvalue weighted by atomic mass is 16.5. The molecule has 9 nitrogen and oxygen atoms in total. The first-order valence-electron chi connectivity index (χ1n) is 13.0. The fourth-order valence-corrected chi connectivity index (χ4v) is 3.45. The van der Waals surface area contributed by atoms with Crippen LogP contribution in [0.15, 0.2) is 18.2 Å². The third-order valence-corrected chi connectivity index (χ3v) is 5.55. The Morgan fingerprint density at radius 3 is 1.33 bits per heavy atom. The standard InChI is InChI=1S/C27H42O9/c28-15-7-1-4-10-18-34-25(31)22-13-14-23(26(32)35-19-11-5-2-8-16-29)24(21-22)27(33)36-20-12-6-3-9-17-30/h13-14,21,28-30H,1-12,15-20H2. The topological polar surface area (TPSA) is 140 Å². The van der Waals surface area contributed by atoms with Gasteiger partial charge in [0.1, 0.15) is 0 Å². The van der Waals surface area contributed by atoms with Gasteiger partial charge in [0.2, 0.25) is 0 Å². The zero-order valence-electron chi connectivity index (χ0n) is 21.3. The number of hydrogen-bond acceptors (Lipinski definition) is 9. The van der Waals surface area contributed by atoms with Crippen molar-refractivity contribution in [2.75, 3.05) is 39.6 Å². The van der Waals surface area contributed by atoms with E-state index in [0.29, 0.717) is 38.5 Å². The van der Waals surface area contributed by atoms with Gasteiger partial charge in [0, 0.05) is 19.8 Å². The van der Waals surface area contributed by atoms with Gasteiger partial charge >= 0.3 is 17.9 Å². The first kappa shape index (κ1) is 31.5. The lowest BCUT2D eigenvalue weighted by molar-refractivity contribution is 0.0447. The molecule has 0 atom stereocenters. The van der Waals surface area contributed by atoms with Crippen molar-refractivity contribution in [1.29, 1.82) is 0 Å². The minimum atomic E-state index is -0.717. The molecule has 1 aromatic carbocycles. The smallest absolute Gasteiger partial charge is 0.339 e. The van der Waals surface area contributed by atoms with Crippen LogP contribution < -0.4 is 0 Å². The average Bonchev–Trinajstić information content (AvgIpc) is 2.89. The molecule has 204 valence electrons. The maximum absolute atomic E-state index is 12.8. The summed E-state index contributed by atoms with van der Waals surface area (Å²) in [6, 6.07) is 4.11. The summed E-state index contributed by atoms with van der Waals surface area (Å²) in [5.41, 5.74) is 0.116. The van der Waals surface area contributed by atoms with Crippen molar-refractivity contribution in [3.05, 3.63) is 34.9 Å². The summed E-state index contributed by atoms with van der Waals surface area (Å²) in [4.78, 5) is 37.9. The number of ether oxygens (including phenoxy) is 3. The third kappa shape index (κ3) is 13.6. The molecule has 0 unspecified atom stereocenters. The number of rotatable bonds is 21. The second-order valence-corrected chi connectivity index (χ2v) is 8.58. The van der Waals surface area contributed by atoms with Gasteiger partial charge in [0.15, 0.2) is 0 Å². The molecule has 0 aliphatic heterocycles. The van der Waals surface area contributed by atoms with E-state index in [1.54, 1.807) is 0 Å². The molecule has 3 N–H and O–H groups in total. The van der Waals surface area contributed by atoms with E-state index < -0.39 is 17.9 Å². The molecule has 0 spiro atoms. The number of carbonyl (C=O) groups excluding carboxylic acids is 3. The summed E-state index contributed by atoms with van der Waals surface area (Å²) in [6.07, 6.45) is 8.97. The number of unbranched alkanes of at least 4 members (excludes halogenated alkanes) is 9. The van der Waals surface area contributed by atoms with Gasteiger partial charge in [0.05, 0.1) is 36.5 Å². The zero-order valence-corrected chi connectivity index (χ0v) is 21.3. The molecule has 9 heteroatoms. The molecule has 0 radical (unpaired) electrons. The Balaban J connectivity index is 2.78. The van der Waals surface area contributed by atoms with E-state index in [4.69, 9.17) is 29.5 Å². The lowest BCUT2D eigenvalue weighted by atomic mass is 10.0. The van der Waals surface area contributed by atoms with Gasteiger partial charge in [-0.05, 0) is 76.0 Å². The zero-order chi connectivity index (χ0) is 26.4. The second kappa shape index (κ2) is 20.7. The SMILES string of the molecule is O=C(OCCCCCCO)c1ccc(C(=O)OCCCCCCO)c(C(=O)OCCCCCCO)c1. The predicted molar refractivity (Wildman–Crippen MR) is 134 cm³/mol. The Bertz CT molecular complexity index is 764. The van der Waals surface area contributed by atoms with Gasteiger partial charge < -0.3 is 29.5 Å². The lowest BCUT2D eigenvalue weighted by Gasteiger charge is -2.12. The lowest BCUT2D eigenvalue weighted by Crippen LogP contribution is -2.17. The van der Waals surface area contributed by atoms with Crippen LogP contribution in [0.2, 0.25) is 0 Å². The summed E-state index contributed by atoms with van der Waals surface area (Å²) in [5.74, 6) is -1.99. The number of benzene rings is 1. The highest BCUT2D eigenvalue weighted by molar-refractivity contribution is 6.05. The third-order valence-electron chi connectivity index (χ3n) is 5.55. The summed E-state index contributed by atoms with van der Waals surface area (Å²) < 4.78 is 15.9. The van der Waals surface area contributed by atoms with Crippen LogP contribution in [0.3, 0.4) is 0 Å². The molecule has 0 heterocycles. The molecule has 0 saturated carbocycles. The Labute approximate surface area is 213 Å². The summed E-state index contributed by atoms with van der Waals surface area (Å²) in [6.45, 7) is 0.955. The number of esters is 3. The normalized spacial score (nSPS) is 10.8. The van der Waals surface area contributed by atoms with Crippen molar-refractivity contribution < 1.29 is 43.9 Å². The number of aliphatic hydroxyl groups is 3. The highest BCUT2D eigenvalue weighted by Gasteiger charge is 2.22. The minimum absolute atomic E-state index is 0.0243. The van der Waals surface area contributed by atoms with Crippen LogP contribution in [0.5, 0.6) is 0 Å². The first-order chi connectivity index (χ1) is 17.5. The molecule has 0 bridgehead atoms. The van der Waals surface area contributed by atoms with Crippen LogP contribution in [-0.4, -0.2) is 72.9 Å². The minimum Gasteiger partial charge on any atom is -0.462 e. The van der Waals surface area contributed by atoms with Crippen molar-refractivity contribution in [3.63, 3.8) is 0 Å². The maximum Gasteiger partial charge on any atom is 0.339 e. The van der Waals surface area contributed by atoms with E-state index in [2.05, 4.69) is 0 Å². The Morgan fingerprint density at radius 1 is 0.500 bits per heavy atom. The summed E-state index contributed by atoms with van der Waals surface area (Å²) >= 11 is 0. The van der Waals surface area contributed by atoms with Crippen molar-refractivity contribution in [3.8, 4) is 0 Å². The summed E-state index contributed by atoms with van der Waals surface area (Å²) in [7, 11) is 0. The maximum atomic E-state index is 12.8. The van der Waals surface area contributed by atoms with Gasteiger partial charge in [0.25, 0.3) is 0 Å². The Morgan fingerprint density at radius 2 is 0.889 bits per heavy atom. The van der Waals surface area contributed by atoms with Gasteiger partial charge in [-0.1, -0.05) is 19.3 Å². The van der Waals surface area contributed by atoms with Gasteiger partial charge in [-0.2, -0.15) is 0 Å². The molecule has 0 aliphatic rings. The molecular formula is C27H42O9. The molecule has 0 aromatic heterocycles. The average molecular weight is 511 g/mol.